The highest BCUT2D eigenvalue weighted by atomic mass is 19.2. The number of nitrogens with one attached hydrogen (secondary N) is 2. The van der Waals surface area contributed by atoms with E-state index in [1.54, 1.807) is 19.1 Å². The summed E-state index contributed by atoms with van der Waals surface area (Å²) in [6.07, 6.45) is 1.19. The van der Waals surface area contributed by atoms with E-state index in [-0.39, 0.29) is 6.04 Å². The fourth-order valence-corrected chi connectivity index (χ4v) is 1.65. The van der Waals surface area contributed by atoms with E-state index in [1.807, 2.05) is 0 Å². The number of allylic oxidation sites excluding steroid dienone is 2. The summed E-state index contributed by atoms with van der Waals surface area (Å²) in [7, 11) is 1.75. The van der Waals surface area contributed by atoms with Gasteiger partial charge in [0.2, 0.25) is 0 Å². The van der Waals surface area contributed by atoms with Gasteiger partial charge in [-0.1, -0.05) is 6.92 Å². The van der Waals surface area contributed by atoms with Crippen LogP contribution >= 0.6 is 0 Å². The van der Waals surface area contributed by atoms with Gasteiger partial charge in [0.1, 0.15) is 5.83 Å². The van der Waals surface area contributed by atoms with Crippen molar-refractivity contribution in [2.75, 3.05) is 7.05 Å². The molecule has 0 saturated carbocycles. The lowest BCUT2D eigenvalue weighted by atomic mass is 9.93. The Hall–Kier alpha value is -0.940. The van der Waals surface area contributed by atoms with Gasteiger partial charge in [0, 0.05) is 18.7 Å². The maximum atomic E-state index is 13.1. The van der Waals surface area contributed by atoms with Crippen LogP contribution in [0.1, 0.15) is 6.92 Å². The van der Waals surface area contributed by atoms with Crippen LogP contribution in [0.3, 0.4) is 0 Å². The van der Waals surface area contributed by atoms with Crippen molar-refractivity contribution in [2.45, 2.75) is 13.0 Å². The SMILES string of the molecule is CC1C(F)=C(F)C=C2NN(C)NC21. The van der Waals surface area contributed by atoms with Crippen molar-refractivity contribution in [2.24, 2.45) is 5.92 Å². The number of halogens is 2. The molecule has 1 saturated heterocycles. The molecule has 1 heterocycles. The number of hydrogen-bond donors (Lipinski definition) is 2. The van der Waals surface area contributed by atoms with Gasteiger partial charge in [-0.15, -0.1) is 0 Å². The number of hydrogen-bond acceptors (Lipinski definition) is 3. The first-order chi connectivity index (χ1) is 6.09. The minimum atomic E-state index is -0.775. The topological polar surface area (TPSA) is 27.3 Å². The summed E-state index contributed by atoms with van der Waals surface area (Å²) in [6.45, 7) is 1.65. The smallest absolute Gasteiger partial charge is 0.156 e. The van der Waals surface area contributed by atoms with Crippen molar-refractivity contribution < 1.29 is 8.78 Å². The third-order valence-corrected chi connectivity index (χ3v) is 2.37. The molecule has 13 heavy (non-hydrogen) atoms. The number of nitrogens with zero attached hydrogens (tertiary/aromatic N) is 1. The van der Waals surface area contributed by atoms with Crippen LogP contribution in [0.25, 0.3) is 0 Å². The van der Waals surface area contributed by atoms with Gasteiger partial charge in [0.15, 0.2) is 5.83 Å². The van der Waals surface area contributed by atoms with Crippen LogP contribution in [0, 0.1) is 5.92 Å². The van der Waals surface area contributed by atoms with Crippen molar-refractivity contribution in [1.82, 2.24) is 16.0 Å². The molecule has 3 nitrogen and oxygen atoms in total. The summed E-state index contributed by atoms with van der Waals surface area (Å²) in [5.74, 6) is -1.92. The second kappa shape index (κ2) is 2.78. The Balaban J connectivity index is 2.33. The van der Waals surface area contributed by atoms with E-state index < -0.39 is 17.6 Å². The summed E-state index contributed by atoms with van der Waals surface area (Å²) < 4.78 is 26.0. The molecular formula is C8H11F2N3. The van der Waals surface area contributed by atoms with E-state index >= 15 is 0 Å². The molecule has 0 amide bonds. The van der Waals surface area contributed by atoms with Crippen LogP contribution in [0.2, 0.25) is 0 Å². The van der Waals surface area contributed by atoms with Gasteiger partial charge in [-0.2, -0.15) is 5.12 Å². The Bertz CT molecular complexity index is 298. The Morgan fingerprint density at radius 3 is 2.85 bits per heavy atom. The lowest BCUT2D eigenvalue weighted by Crippen LogP contribution is -2.38. The highest BCUT2D eigenvalue weighted by Gasteiger charge is 2.36. The molecule has 0 bridgehead atoms. The Morgan fingerprint density at radius 1 is 1.46 bits per heavy atom. The fraction of sp³-hybridized carbons (Fsp3) is 0.500. The first-order valence-corrected chi connectivity index (χ1v) is 4.13. The van der Waals surface area contributed by atoms with Gasteiger partial charge in [0.05, 0.1) is 6.04 Å². The molecular weight excluding hydrogens is 176 g/mol. The van der Waals surface area contributed by atoms with E-state index in [2.05, 4.69) is 10.9 Å². The Kier molecular flexibility index (Phi) is 1.85. The monoisotopic (exact) mass is 187 g/mol. The second-order valence-corrected chi connectivity index (χ2v) is 3.36. The second-order valence-electron chi connectivity index (χ2n) is 3.36. The molecule has 2 aliphatic rings. The minimum absolute atomic E-state index is 0.176. The van der Waals surface area contributed by atoms with Crippen LogP contribution in [0.5, 0.6) is 0 Å². The molecule has 2 N–H and O–H groups in total. The molecule has 1 fully saturated rings. The lowest BCUT2D eigenvalue weighted by Gasteiger charge is -2.21. The van der Waals surface area contributed by atoms with Gasteiger partial charge in [-0.3, -0.25) is 0 Å². The van der Waals surface area contributed by atoms with Crippen molar-refractivity contribution in [3.63, 3.8) is 0 Å². The molecule has 2 rings (SSSR count). The van der Waals surface area contributed by atoms with E-state index in [0.717, 1.165) is 0 Å². The maximum Gasteiger partial charge on any atom is 0.156 e. The molecule has 72 valence electrons. The number of rotatable bonds is 0. The molecule has 0 aromatic heterocycles. The predicted molar refractivity (Wildman–Crippen MR) is 44.3 cm³/mol. The molecule has 1 aliphatic heterocycles. The van der Waals surface area contributed by atoms with E-state index in [9.17, 15) is 8.78 Å². The molecule has 0 aromatic carbocycles. The van der Waals surface area contributed by atoms with Crippen molar-refractivity contribution >= 4 is 0 Å². The summed E-state index contributed by atoms with van der Waals surface area (Å²) in [5.41, 5.74) is 6.52. The quantitative estimate of drug-likeness (QED) is 0.592. The summed E-state index contributed by atoms with van der Waals surface area (Å²) >= 11 is 0. The molecule has 2 unspecified atom stereocenters. The third-order valence-electron chi connectivity index (χ3n) is 2.37. The summed E-state index contributed by atoms with van der Waals surface area (Å²) in [4.78, 5) is 0. The normalized spacial score (nSPS) is 34.3. The maximum absolute atomic E-state index is 13.1. The first-order valence-electron chi connectivity index (χ1n) is 4.13. The summed E-state index contributed by atoms with van der Waals surface area (Å²) in [6, 6.07) is -0.176. The lowest BCUT2D eigenvalue weighted by molar-refractivity contribution is 0.211. The van der Waals surface area contributed by atoms with Crippen LogP contribution < -0.4 is 10.9 Å². The Labute approximate surface area is 75.0 Å². The molecule has 1 aliphatic carbocycles. The molecule has 0 radical (unpaired) electrons. The molecule has 5 heteroatoms. The van der Waals surface area contributed by atoms with E-state index in [0.29, 0.717) is 5.70 Å². The highest BCUT2D eigenvalue weighted by Crippen LogP contribution is 2.32. The molecule has 0 spiro atoms. The first kappa shape index (κ1) is 8.65. The van der Waals surface area contributed by atoms with Gasteiger partial charge < -0.3 is 5.43 Å². The predicted octanol–water partition coefficient (Wildman–Crippen LogP) is 0.994. The third kappa shape index (κ3) is 1.24. The largest absolute Gasteiger partial charge is 0.308 e. The zero-order valence-electron chi connectivity index (χ0n) is 7.44. The van der Waals surface area contributed by atoms with Crippen molar-refractivity contribution in [3.8, 4) is 0 Å². The van der Waals surface area contributed by atoms with Gasteiger partial charge in [-0.05, 0) is 6.08 Å². The van der Waals surface area contributed by atoms with E-state index in [4.69, 9.17) is 0 Å². The highest BCUT2D eigenvalue weighted by molar-refractivity contribution is 5.32. The summed E-state index contributed by atoms with van der Waals surface area (Å²) in [5, 5.41) is 1.60. The van der Waals surface area contributed by atoms with E-state index in [1.165, 1.54) is 6.08 Å². The van der Waals surface area contributed by atoms with Gasteiger partial charge >= 0.3 is 0 Å². The van der Waals surface area contributed by atoms with Gasteiger partial charge in [0.25, 0.3) is 0 Å². The fourth-order valence-electron chi connectivity index (χ4n) is 1.65. The zero-order chi connectivity index (χ0) is 9.59. The number of fused-ring (bicyclic) bond motifs is 1. The number of hydrazine groups is 2. The van der Waals surface area contributed by atoms with Crippen LogP contribution in [0.15, 0.2) is 23.4 Å². The van der Waals surface area contributed by atoms with Crippen LogP contribution in [-0.4, -0.2) is 18.2 Å². The van der Waals surface area contributed by atoms with Crippen molar-refractivity contribution in [1.29, 1.82) is 0 Å². The average Bonchev–Trinajstić information content (AvgIpc) is 2.42. The standard InChI is InChI=1S/C8H11F2N3/c1-4-7(10)5(9)3-6-8(4)12-13(2)11-6/h3-4,8,11-12H,1-2H3. The minimum Gasteiger partial charge on any atom is -0.308 e. The Morgan fingerprint density at radius 2 is 2.15 bits per heavy atom. The van der Waals surface area contributed by atoms with Crippen molar-refractivity contribution in [3.05, 3.63) is 23.4 Å². The molecule has 0 aromatic rings. The van der Waals surface area contributed by atoms with Crippen LogP contribution in [-0.2, 0) is 0 Å². The zero-order valence-corrected chi connectivity index (χ0v) is 7.44. The average molecular weight is 187 g/mol. The molecule has 2 atom stereocenters. The van der Waals surface area contributed by atoms with Crippen LogP contribution in [0.4, 0.5) is 8.78 Å². The van der Waals surface area contributed by atoms with Gasteiger partial charge in [-0.25, -0.2) is 14.2 Å².